The second-order valence-corrected chi connectivity index (χ2v) is 8.08. The smallest absolute Gasteiger partial charge is 0.280 e. The average molecular weight is 431 g/mol. The van der Waals surface area contributed by atoms with Gasteiger partial charge >= 0.3 is 0 Å². The molecule has 0 spiro atoms. The maximum Gasteiger partial charge on any atom is 0.280 e. The van der Waals surface area contributed by atoms with Gasteiger partial charge in [-0.1, -0.05) is 0 Å². The molecule has 1 fully saturated rings. The zero-order chi connectivity index (χ0) is 21.7. The normalized spacial score (nSPS) is 25.9. The molecule has 164 valence electrons. The van der Waals surface area contributed by atoms with Crippen molar-refractivity contribution in [2.45, 2.75) is 57.1 Å². The van der Waals surface area contributed by atoms with Crippen LogP contribution in [0.2, 0.25) is 0 Å². The first kappa shape index (κ1) is 20.2. The van der Waals surface area contributed by atoms with Crippen molar-refractivity contribution in [2.24, 2.45) is 0 Å². The van der Waals surface area contributed by atoms with E-state index in [0.717, 1.165) is 22.2 Å². The van der Waals surface area contributed by atoms with Gasteiger partial charge in [0.15, 0.2) is 0 Å². The van der Waals surface area contributed by atoms with Gasteiger partial charge in [-0.05, 0) is 37.6 Å². The minimum atomic E-state index is -2.72. The lowest BCUT2D eigenvalue weighted by molar-refractivity contribution is -0.0180. The number of aliphatic hydroxyl groups is 2. The van der Waals surface area contributed by atoms with Gasteiger partial charge in [0.2, 0.25) is 5.88 Å². The number of aliphatic hydroxyl groups excluding tert-OH is 2. The number of halogens is 2. The third kappa shape index (κ3) is 3.44. The summed E-state index contributed by atoms with van der Waals surface area (Å²) in [6.45, 7) is 3.02. The predicted octanol–water partition coefficient (Wildman–Crippen LogP) is 1.83. The summed E-state index contributed by atoms with van der Waals surface area (Å²) in [5.41, 5.74) is 2.62. The summed E-state index contributed by atoms with van der Waals surface area (Å²) >= 11 is 0. The van der Waals surface area contributed by atoms with Crippen LogP contribution in [0.25, 0.3) is 11.0 Å². The van der Waals surface area contributed by atoms with E-state index in [-0.39, 0.29) is 18.0 Å². The summed E-state index contributed by atoms with van der Waals surface area (Å²) in [4.78, 5) is 12.5. The van der Waals surface area contributed by atoms with Gasteiger partial charge in [-0.2, -0.15) is 0 Å². The largest absolute Gasteiger partial charge is 0.471 e. The molecular weight excluding hydrogens is 408 g/mol. The SMILES string of the molecule is Cc1ncnc2c1ccn2[C@@H]1C[C@H](Oc2nc(C(F)F)cc3c2CNCC3)[C@@H](O)[C@H]1O. The molecule has 0 amide bonds. The predicted molar refractivity (Wildman–Crippen MR) is 107 cm³/mol. The quantitative estimate of drug-likeness (QED) is 0.579. The number of pyridine rings is 1. The number of hydrogen-bond donors (Lipinski definition) is 3. The molecule has 5 rings (SSSR count). The summed E-state index contributed by atoms with van der Waals surface area (Å²) in [6.07, 6.45) is -1.69. The van der Waals surface area contributed by atoms with Crippen LogP contribution in [0.1, 0.15) is 41.4 Å². The van der Waals surface area contributed by atoms with Crippen LogP contribution in [-0.4, -0.2) is 54.6 Å². The number of alkyl halides is 2. The van der Waals surface area contributed by atoms with Crippen LogP contribution in [0.15, 0.2) is 24.7 Å². The third-order valence-electron chi connectivity index (χ3n) is 6.22. The Hall–Kier alpha value is -2.69. The number of nitrogens with zero attached hydrogens (tertiary/aromatic N) is 4. The first-order valence-electron chi connectivity index (χ1n) is 10.3. The fourth-order valence-electron chi connectivity index (χ4n) is 4.55. The van der Waals surface area contributed by atoms with Gasteiger partial charge in [0.25, 0.3) is 6.43 Å². The molecule has 1 aliphatic heterocycles. The Labute approximate surface area is 176 Å². The van der Waals surface area contributed by atoms with Crippen molar-refractivity contribution in [3.63, 3.8) is 0 Å². The highest BCUT2D eigenvalue weighted by atomic mass is 19.3. The maximum absolute atomic E-state index is 13.4. The van der Waals surface area contributed by atoms with Crippen LogP contribution < -0.4 is 10.1 Å². The second kappa shape index (κ2) is 7.77. The van der Waals surface area contributed by atoms with E-state index in [1.165, 1.54) is 12.4 Å². The molecule has 3 N–H and O–H groups in total. The summed E-state index contributed by atoms with van der Waals surface area (Å²) in [7, 11) is 0. The number of hydrogen-bond acceptors (Lipinski definition) is 7. The van der Waals surface area contributed by atoms with Gasteiger partial charge in [-0.25, -0.2) is 23.7 Å². The Balaban J connectivity index is 1.46. The summed E-state index contributed by atoms with van der Waals surface area (Å²) in [6, 6.07) is 2.80. The number of nitrogens with one attached hydrogen (secondary N) is 1. The number of ether oxygens (including phenoxy) is 1. The molecule has 2 aliphatic rings. The Morgan fingerprint density at radius 1 is 1.26 bits per heavy atom. The van der Waals surface area contributed by atoms with Crippen LogP contribution >= 0.6 is 0 Å². The van der Waals surface area contributed by atoms with E-state index in [2.05, 4.69) is 20.3 Å². The molecule has 3 aromatic heterocycles. The van der Waals surface area contributed by atoms with Gasteiger partial charge in [0.05, 0.1) is 11.7 Å². The number of fused-ring (bicyclic) bond motifs is 2. The van der Waals surface area contributed by atoms with E-state index >= 15 is 0 Å². The van der Waals surface area contributed by atoms with Crippen LogP contribution in [0, 0.1) is 6.92 Å². The van der Waals surface area contributed by atoms with E-state index in [0.29, 0.717) is 25.2 Å². The molecule has 31 heavy (non-hydrogen) atoms. The monoisotopic (exact) mass is 431 g/mol. The highest BCUT2D eigenvalue weighted by Crippen LogP contribution is 2.37. The topological polar surface area (TPSA) is 105 Å². The van der Waals surface area contributed by atoms with Crippen molar-refractivity contribution in [2.75, 3.05) is 6.54 Å². The van der Waals surface area contributed by atoms with Gasteiger partial charge in [-0.15, -0.1) is 0 Å². The molecular formula is C21H23F2N5O3. The summed E-state index contributed by atoms with van der Waals surface area (Å²) in [5, 5.41) is 25.5. The van der Waals surface area contributed by atoms with Crippen LogP contribution in [0.5, 0.6) is 5.88 Å². The van der Waals surface area contributed by atoms with Crippen LogP contribution in [-0.2, 0) is 13.0 Å². The fourth-order valence-corrected chi connectivity index (χ4v) is 4.55. The van der Waals surface area contributed by atoms with Crippen molar-refractivity contribution in [1.82, 2.24) is 24.8 Å². The van der Waals surface area contributed by atoms with Crippen LogP contribution in [0.4, 0.5) is 8.78 Å². The van der Waals surface area contributed by atoms with Gasteiger partial charge < -0.3 is 24.8 Å². The van der Waals surface area contributed by atoms with Crippen molar-refractivity contribution >= 4 is 11.0 Å². The van der Waals surface area contributed by atoms with E-state index in [4.69, 9.17) is 4.74 Å². The lowest BCUT2D eigenvalue weighted by Gasteiger charge is -2.24. The minimum absolute atomic E-state index is 0.0902. The highest BCUT2D eigenvalue weighted by Gasteiger charge is 2.45. The number of rotatable bonds is 4. The molecule has 0 unspecified atom stereocenters. The molecule has 0 bridgehead atoms. The molecule has 0 radical (unpaired) electrons. The zero-order valence-corrected chi connectivity index (χ0v) is 16.9. The number of aromatic nitrogens is 4. The summed E-state index contributed by atoms with van der Waals surface area (Å²) < 4.78 is 34.5. The second-order valence-electron chi connectivity index (χ2n) is 8.08. The molecule has 4 atom stereocenters. The van der Waals surface area contributed by atoms with E-state index in [1.807, 2.05) is 13.0 Å². The molecule has 8 nitrogen and oxygen atoms in total. The van der Waals surface area contributed by atoms with E-state index in [9.17, 15) is 19.0 Å². The molecule has 1 saturated carbocycles. The van der Waals surface area contributed by atoms with E-state index in [1.54, 1.807) is 10.8 Å². The minimum Gasteiger partial charge on any atom is -0.471 e. The fraction of sp³-hybridized carbons (Fsp3) is 0.476. The molecule has 3 aromatic rings. The summed E-state index contributed by atoms with van der Waals surface area (Å²) in [5.74, 6) is 0.0902. The van der Waals surface area contributed by atoms with Crippen molar-refractivity contribution < 1.29 is 23.7 Å². The third-order valence-corrected chi connectivity index (χ3v) is 6.22. The first-order chi connectivity index (χ1) is 14.9. The Morgan fingerprint density at radius 2 is 2.10 bits per heavy atom. The Morgan fingerprint density at radius 3 is 2.90 bits per heavy atom. The Bertz CT molecular complexity index is 1120. The highest BCUT2D eigenvalue weighted by molar-refractivity contribution is 5.78. The first-order valence-corrected chi connectivity index (χ1v) is 10.3. The van der Waals surface area contributed by atoms with Gasteiger partial charge in [-0.3, -0.25) is 0 Å². The molecule has 10 heteroatoms. The lowest BCUT2D eigenvalue weighted by Crippen LogP contribution is -2.35. The Kier molecular flexibility index (Phi) is 5.07. The zero-order valence-electron chi connectivity index (χ0n) is 16.9. The van der Waals surface area contributed by atoms with Crippen molar-refractivity contribution in [3.05, 3.63) is 47.2 Å². The molecule has 4 heterocycles. The number of aryl methyl sites for hydroxylation is 1. The standard InChI is InChI=1S/C21H23F2N5O3/c1-10-12-3-5-28(20(12)26-9-25-10)15-7-16(18(30)17(15)29)31-21-13-8-24-4-2-11(13)6-14(27-21)19(22)23/h3,5-6,9,15-19,24,29-30H,2,4,7-8H2,1H3/t15-,16+,17+,18-/m1/s1. The molecule has 1 aliphatic carbocycles. The van der Waals surface area contributed by atoms with E-state index < -0.39 is 30.8 Å². The maximum atomic E-state index is 13.4. The van der Waals surface area contributed by atoms with Crippen molar-refractivity contribution in [1.29, 1.82) is 0 Å². The molecule has 0 aromatic carbocycles. The molecule has 0 saturated heterocycles. The lowest BCUT2D eigenvalue weighted by atomic mass is 10.0. The van der Waals surface area contributed by atoms with Crippen molar-refractivity contribution in [3.8, 4) is 5.88 Å². The van der Waals surface area contributed by atoms with Crippen LogP contribution in [0.3, 0.4) is 0 Å². The van der Waals surface area contributed by atoms with Gasteiger partial charge in [0.1, 0.15) is 36.0 Å². The average Bonchev–Trinajstić information content (AvgIpc) is 3.31. The van der Waals surface area contributed by atoms with Gasteiger partial charge in [0, 0.05) is 30.1 Å².